The molecular weight excluding hydrogens is 240 g/mol. The number of hydrogen-bond acceptors (Lipinski definition) is 4. The van der Waals surface area contributed by atoms with Crippen LogP contribution in [0.4, 0.5) is 0 Å². The van der Waals surface area contributed by atoms with Gasteiger partial charge in [-0.25, -0.2) is 0 Å². The third-order valence-corrected chi connectivity index (χ3v) is 3.77. The van der Waals surface area contributed by atoms with Crippen LogP contribution in [0.15, 0.2) is 36.7 Å². The molecular formula is C15H16N2O2. The number of rotatable bonds is 2. The van der Waals surface area contributed by atoms with Gasteiger partial charge in [-0.15, -0.1) is 0 Å². The number of fused-ring (bicyclic) bond motifs is 1. The van der Waals surface area contributed by atoms with Gasteiger partial charge < -0.3 is 10.5 Å². The molecule has 0 spiro atoms. The third-order valence-electron chi connectivity index (χ3n) is 3.77. The molecule has 0 radical (unpaired) electrons. The normalized spacial score (nSPS) is 18.4. The minimum absolute atomic E-state index is 0.00519. The SMILES string of the molecule is NC1(C(=O)c2cccc3ccncc23)CCOCC1. The molecule has 19 heavy (non-hydrogen) atoms. The maximum absolute atomic E-state index is 12.7. The van der Waals surface area contributed by atoms with Crippen LogP contribution < -0.4 is 5.73 Å². The highest BCUT2D eigenvalue weighted by molar-refractivity contribution is 6.12. The van der Waals surface area contributed by atoms with Crippen molar-refractivity contribution in [3.63, 3.8) is 0 Å². The van der Waals surface area contributed by atoms with Crippen molar-refractivity contribution in [3.8, 4) is 0 Å². The Balaban J connectivity index is 2.06. The molecule has 1 fully saturated rings. The number of pyridine rings is 1. The lowest BCUT2D eigenvalue weighted by Crippen LogP contribution is -2.51. The maximum Gasteiger partial charge on any atom is 0.183 e. The van der Waals surface area contributed by atoms with Gasteiger partial charge in [0.15, 0.2) is 5.78 Å². The summed E-state index contributed by atoms with van der Waals surface area (Å²) in [7, 11) is 0. The lowest BCUT2D eigenvalue weighted by Gasteiger charge is -2.32. The van der Waals surface area contributed by atoms with Crippen LogP contribution in [-0.2, 0) is 4.74 Å². The van der Waals surface area contributed by atoms with E-state index in [-0.39, 0.29) is 5.78 Å². The second-order valence-electron chi connectivity index (χ2n) is 5.00. The van der Waals surface area contributed by atoms with Crippen molar-refractivity contribution in [3.05, 3.63) is 42.2 Å². The van der Waals surface area contributed by atoms with Gasteiger partial charge >= 0.3 is 0 Å². The monoisotopic (exact) mass is 256 g/mol. The van der Waals surface area contributed by atoms with Crippen molar-refractivity contribution in [2.24, 2.45) is 5.73 Å². The molecule has 0 bridgehead atoms. The molecule has 1 aromatic heterocycles. The number of ketones is 1. The summed E-state index contributed by atoms with van der Waals surface area (Å²) in [4.78, 5) is 16.8. The van der Waals surface area contributed by atoms with E-state index in [1.165, 1.54) is 0 Å². The molecule has 98 valence electrons. The van der Waals surface area contributed by atoms with E-state index in [1.807, 2.05) is 24.3 Å². The molecule has 0 saturated carbocycles. The smallest absolute Gasteiger partial charge is 0.183 e. The number of ether oxygens (including phenoxy) is 1. The van der Waals surface area contributed by atoms with Crippen molar-refractivity contribution in [2.75, 3.05) is 13.2 Å². The minimum Gasteiger partial charge on any atom is -0.381 e. The van der Waals surface area contributed by atoms with Crippen molar-refractivity contribution < 1.29 is 9.53 Å². The maximum atomic E-state index is 12.7. The number of benzene rings is 1. The van der Waals surface area contributed by atoms with E-state index >= 15 is 0 Å². The van der Waals surface area contributed by atoms with Crippen molar-refractivity contribution in [1.82, 2.24) is 4.98 Å². The fourth-order valence-corrected chi connectivity index (χ4v) is 2.54. The van der Waals surface area contributed by atoms with E-state index in [1.54, 1.807) is 12.4 Å². The lowest BCUT2D eigenvalue weighted by molar-refractivity contribution is 0.0449. The Morgan fingerprint density at radius 3 is 2.84 bits per heavy atom. The Labute approximate surface area is 111 Å². The summed E-state index contributed by atoms with van der Waals surface area (Å²) in [5.41, 5.74) is 6.13. The number of nitrogens with zero attached hydrogens (tertiary/aromatic N) is 1. The van der Waals surface area contributed by atoms with Crippen molar-refractivity contribution in [2.45, 2.75) is 18.4 Å². The van der Waals surface area contributed by atoms with E-state index in [4.69, 9.17) is 10.5 Å². The molecule has 2 N–H and O–H groups in total. The molecule has 0 amide bonds. The van der Waals surface area contributed by atoms with Crippen LogP contribution in [0.3, 0.4) is 0 Å². The summed E-state index contributed by atoms with van der Waals surface area (Å²) < 4.78 is 5.29. The highest BCUT2D eigenvalue weighted by Crippen LogP contribution is 2.26. The zero-order valence-electron chi connectivity index (χ0n) is 10.6. The number of aromatic nitrogens is 1. The number of hydrogen-bond donors (Lipinski definition) is 1. The Morgan fingerprint density at radius 1 is 1.26 bits per heavy atom. The molecule has 4 heteroatoms. The Hall–Kier alpha value is -1.78. The van der Waals surface area contributed by atoms with Gasteiger partial charge in [0.25, 0.3) is 0 Å². The molecule has 0 atom stereocenters. The molecule has 1 saturated heterocycles. The first-order valence-electron chi connectivity index (χ1n) is 6.45. The summed E-state index contributed by atoms with van der Waals surface area (Å²) in [6, 6.07) is 7.59. The van der Waals surface area contributed by atoms with Crippen LogP contribution >= 0.6 is 0 Å². The standard InChI is InChI=1S/C15H16N2O2/c16-15(5-8-19-9-6-15)14(18)12-3-1-2-11-4-7-17-10-13(11)12/h1-4,7,10H,5-6,8-9,16H2. The van der Waals surface area contributed by atoms with Crippen molar-refractivity contribution >= 4 is 16.6 Å². The fourth-order valence-electron chi connectivity index (χ4n) is 2.54. The van der Waals surface area contributed by atoms with Crippen LogP contribution in [0.1, 0.15) is 23.2 Å². The van der Waals surface area contributed by atoms with Crippen LogP contribution in [0, 0.1) is 0 Å². The summed E-state index contributed by atoms with van der Waals surface area (Å²) in [6.07, 6.45) is 4.60. The topological polar surface area (TPSA) is 65.2 Å². The summed E-state index contributed by atoms with van der Waals surface area (Å²) >= 11 is 0. The predicted octanol–water partition coefficient (Wildman–Crippen LogP) is 1.93. The number of carbonyl (C=O) groups excluding carboxylic acids is 1. The van der Waals surface area contributed by atoms with Gasteiger partial charge in [-0.3, -0.25) is 9.78 Å². The summed E-state index contributed by atoms with van der Waals surface area (Å²) in [5, 5.41) is 1.88. The van der Waals surface area contributed by atoms with Gasteiger partial charge in [0, 0.05) is 36.6 Å². The van der Waals surface area contributed by atoms with Crippen LogP contribution in [-0.4, -0.2) is 29.5 Å². The fraction of sp³-hybridized carbons (Fsp3) is 0.333. The lowest BCUT2D eigenvalue weighted by atomic mass is 9.82. The highest BCUT2D eigenvalue weighted by Gasteiger charge is 2.36. The zero-order chi connectivity index (χ0) is 13.3. The van der Waals surface area contributed by atoms with E-state index < -0.39 is 5.54 Å². The van der Waals surface area contributed by atoms with Gasteiger partial charge in [0.2, 0.25) is 0 Å². The highest BCUT2D eigenvalue weighted by atomic mass is 16.5. The Kier molecular flexibility index (Phi) is 3.05. The first-order valence-corrected chi connectivity index (χ1v) is 6.45. The first-order chi connectivity index (χ1) is 9.21. The largest absolute Gasteiger partial charge is 0.381 e. The first kappa shape index (κ1) is 12.3. The van der Waals surface area contributed by atoms with E-state index in [0.717, 1.165) is 10.8 Å². The second-order valence-corrected chi connectivity index (χ2v) is 5.00. The predicted molar refractivity (Wildman–Crippen MR) is 73.0 cm³/mol. The third kappa shape index (κ3) is 2.13. The van der Waals surface area contributed by atoms with Crippen LogP contribution in [0.5, 0.6) is 0 Å². The minimum atomic E-state index is -0.803. The van der Waals surface area contributed by atoms with Gasteiger partial charge in [0.1, 0.15) is 0 Å². The number of carbonyl (C=O) groups is 1. The van der Waals surface area contributed by atoms with Crippen LogP contribution in [0.25, 0.3) is 10.8 Å². The van der Waals surface area contributed by atoms with E-state index in [9.17, 15) is 4.79 Å². The van der Waals surface area contributed by atoms with Gasteiger partial charge in [-0.05, 0) is 24.3 Å². The van der Waals surface area contributed by atoms with Gasteiger partial charge in [0.05, 0.1) is 5.54 Å². The van der Waals surface area contributed by atoms with Gasteiger partial charge in [-0.1, -0.05) is 18.2 Å². The van der Waals surface area contributed by atoms with E-state index in [2.05, 4.69) is 4.98 Å². The van der Waals surface area contributed by atoms with Crippen molar-refractivity contribution in [1.29, 1.82) is 0 Å². The molecule has 0 aliphatic carbocycles. The Morgan fingerprint density at radius 2 is 2.05 bits per heavy atom. The molecule has 3 rings (SSSR count). The van der Waals surface area contributed by atoms with Gasteiger partial charge in [-0.2, -0.15) is 0 Å². The van der Waals surface area contributed by atoms with Crippen LogP contribution in [0.2, 0.25) is 0 Å². The second kappa shape index (κ2) is 4.72. The average molecular weight is 256 g/mol. The number of Topliss-reactive ketones (excluding diaryl/α,β-unsaturated/α-hetero) is 1. The molecule has 0 unspecified atom stereocenters. The summed E-state index contributed by atoms with van der Waals surface area (Å²) in [5.74, 6) is -0.00519. The number of nitrogens with two attached hydrogens (primary N) is 1. The molecule has 1 aliphatic heterocycles. The zero-order valence-corrected chi connectivity index (χ0v) is 10.6. The molecule has 1 aromatic carbocycles. The molecule has 1 aliphatic rings. The Bertz CT molecular complexity index is 613. The molecule has 4 nitrogen and oxygen atoms in total. The average Bonchev–Trinajstić information content (AvgIpc) is 2.47. The summed E-state index contributed by atoms with van der Waals surface area (Å²) in [6.45, 7) is 1.09. The molecule has 2 aromatic rings. The van der Waals surface area contributed by atoms with E-state index in [0.29, 0.717) is 31.6 Å². The molecule has 2 heterocycles. The quantitative estimate of drug-likeness (QED) is 0.834.